The molecule has 1 fully saturated rings. The third-order valence-corrected chi connectivity index (χ3v) is 6.85. The normalized spacial score (nSPS) is 22.3. The molecule has 32 heavy (non-hydrogen) atoms. The van der Waals surface area contributed by atoms with Crippen LogP contribution in [0.15, 0.2) is 77.9 Å². The van der Waals surface area contributed by atoms with Crippen LogP contribution in [0.25, 0.3) is 10.2 Å². The second-order valence-corrected chi connectivity index (χ2v) is 9.03. The van der Waals surface area contributed by atoms with E-state index in [1.54, 1.807) is 35.6 Å². The van der Waals surface area contributed by atoms with Gasteiger partial charge in [-0.1, -0.05) is 54.7 Å². The van der Waals surface area contributed by atoms with Gasteiger partial charge in [0, 0.05) is 30.1 Å². The van der Waals surface area contributed by atoms with Crippen LogP contribution in [0.3, 0.4) is 0 Å². The average Bonchev–Trinajstić information content (AvgIpc) is 3.23. The minimum Gasteiger partial charge on any atom is -0.302 e. The molecule has 1 aromatic heterocycles. The largest absolute Gasteiger partial charge is 0.302 e. The zero-order valence-corrected chi connectivity index (χ0v) is 18.2. The number of piperidine rings is 1. The van der Waals surface area contributed by atoms with Crippen molar-refractivity contribution in [3.8, 4) is 0 Å². The first-order chi connectivity index (χ1) is 15.6. The Kier molecular flexibility index (Phi) is 5.68. The molecule has 3 aromatic carbocycles. The van der Waals surface area contributed by atoms with E-state index in [0.717, 1.165) is 32.2 Å². The van der Waals surface area contributed by atoms with Crippen molar-refractivity contribution in [2.45, 2.75) is 25.4 Å². The van der Waals surface area contributed by atoms with Gasteiger partial charge in [0.1, 0.15) is 11.6 Å². The van der Waals surface area contributed by atoms with Gasteiger partial charge in [0.05, 0.1) is 10.2 Å². The predicted molar refractivity (Wildman–Crippen MR) is 126 cm³/mol. The fourth-order valence-electron chi connectivity index (χ4n) is 4.16. The number of halogens is 2. The van der Waals surface area contributed by atoms with Crippen molar-refractivity contribution in [1.82, 2.24) is 10.3 Å². The molecule has 1 saturated heterocycles. The number of aromatic nitrogens is 1. The number of thiazole rings is 1. The smallest absolute Gasteiger partial charge is 0.204 e. The van der Waals surface area contributed by atoms with Crippen molar-refractivity contribution < 1.29 is 8.78 Å². The SMILES string of the molecule is CC1/C(=N/Nc2nc3ccccc3s2)CC(c2ccc(F)cc2)NC1c1ccc(F)cc1. The highest BCUT2D eigenvalue weighted by Gasteiger charge is 2.33. The van der Waals surface area contributed by atoms with E-state index >= 15 is 0 Å². The van der Waals surface area contributed by atoms with Crippen LogP contribution in [0.5, 0.6) is 0 Å². The molecular formula is C25H22F2N4S. The molecule has 4 nitrogen and oxygen atoms in total. The molecular weight excluding hydrogens is 426 g/mol. The van der Waals surface area contributed by atoms with Gasteiger partial charge in [-0.3, -0.25) is 5.43 Å². The molecule has 0 aliphatic carbocycles. The summed E-state index contributed by atoms with van der Waals surface area (Å²) in [5.41, 5.74) is 7.03. The zero-order chi connectivity index (χ0) is 22.1. The minimum atomic E-state index is -0.265. The van der Waals surface area contributed by atoms with Crippen LogP contribution in [0, 0.1) is 17.6 Å². The quantitative estimate of drug-likeness (QED) is 0.353. The highest BCUT2D eigenvalue weighted by atomic mass is 32.1. The Balaban J connectivity index is 1.46. The molecule has 2 heterocycles. The van der Waals surface area contributed by atoms with E-state index in [0.29, 0.717) is 6.42 Å². The topological polar surface area (TPSA) is 49.3 Å². The third-order valence-electron chi connectivity index (χ3n) is 5.91. The Hall–Kier alpha value is -3.16. The average molecular weight is 449 g/mol. The minimum absolute atomic E-state index is 0.0437. The fourth-order valence-corrected chi connectivity index (χ4v) is 4.97. The summed E-state index contributed by atoms with van der Waals surface area (Å²) in [6.45, 7) is 2.11. The molecule has 3 atom stereocenters. The second-order valence-electron chi connectivity index (χ2n) is 7.99. The first kappa shape index (κ1) is 20.7. The van der Waals surface area contributed by atoms with Crippen molar-refractivity contribution >= 4 is 32.4 Å². The van der Waals surface area contributed by atoms with E-state index in [1.165, 1.54) is 24.3 Å². The maximum atomic E-state index is 13.5. The Bertz CT molecular complexity index is 1220. The Morgan fingerprint density at radius 2 is 1.59 bits per heavy atom. The Labute approximate surface area is 189 Å². The van der Waals surface area contributed by atoms with E-state index in [2.05, 4.69) is 22.7 Å². The van der Waals surface area contributed by atoms with Crippen LogP contribution in [0.4, 0.5) is 13.9 Å². The first-order valence-electron chi connectivity index (χ1n) is 10.5. The van der Waals surface area contributed by atoms with Crippen LogP contribution in [0.1, 0.15) is 36.6 Å². The highest BCUT2D eigenvalue weighted by Crippen LogP contribution is 2.36. The molecule has 5 rings (SSSR count). The van der Waals surface area contributed by atoms with Crippen LogP contribution < -0.4 is 10.7 Å². The van der Waals surface area contributed by atoms with Crippen molar-refractivity contribution in [1.29, 1.82) is 0 Å². The van der Waals surface area contributed by atoms with Gasteiger partial charge in [0.2, 0.25) is 5.13 Å². The van der Waals surface area contributed by atoms with Gasteiger partial charge in [-0.25, -0.2) is 13.8 Å². The predicted octanol–water partition coefficient (Wildman–Crippen LogP) is 6.45. The van der Waals surface area contributed by atoms with E-state index in [1.807, 2.05) is 24.3 Å². The van der Waals surface area contributed by atoms with Crippen molar-refractivity contribution in [2.24, 2.45) is 11.0 Å². The molecule has 0 bridgehead atoms. The van der Waals surface area contributed by atoms with Crippen LogP contribution >= 0.6 is 11.3 Å². The van der Waals surface area contributed by atoms with Crippen LogP contribution in [-0.2, 0) is 0 Å². The summed E-state index contributed by atoms with van der Waals surface area (Å²) in [6, 6.07) is 20.9. The van der Waals surface area contributed by atoms with Gasteiger partial charge in [-0.2, -0.15) is 5.10 Å². The maximum Gasteiger partial charge on any atom is 0.204 e. The number of fused-ring (bicyclic) bond motifs is 1. The maximum absolute atomic E-state index is 13.5. The van der Waals surface area contributed by atoms with E-state index in [-0.39, 0.29) is 29.6 Å². The summed E-state index contributed by atoms with van der Waals surface area (Å²) >= 11 is 1.56. The van der Waals surface area contributed by atoms with Crippen LogP contribution in [-0.4, -0.2) is 10.7 Å². The lowest BCUT2D eigenvalue weighted by molar-refractivity contribution is 0.364. The zero-order valence-electron chi connectivity index (χ0n) is 17.4. The van der Waals surface area contributed by atoms with Gasteiger partial charge in [-0.15, -0.1) is 0 Å². The summed E-state index contributed by atoms with van der Waals surface area (Å²) in [5, 5.41) is 9.14. The van der Waals surface area contributed by atoms with Gasteiger partial charge in [0.25, 0.3) is 0 Å². The standard InChI is InChI=1S/C25H22F2N4S/c1-15-21(30-31-25-29-20-4-2-3-5-23(20)32-25)14-22(16-6-10-18(26)11-7-16)28-24(15)17-8-12-19(27)13-9-17/h2-13,15,22,24,28H,14H2,1H3,(H,29,31)/b30-21+. The van der Waals surface area contributed by atoms with Gasteiger partial charge in [-0.05, 0) is 47.5 Å². The summed E-state index contributed by atoms with van der Waals surface area (Å²) in [4.78, 5) is 4.60. The molecule has 1 aliphatic heterocycles. The number of hydrazone groups is 1. The van der Waals surface area contributed by atoms with E-state index in [4.69, 9.17) is 5.10 Å². The lowest BCUT2D eigenvalue weighted by atomic mass is 9.81. The number of rotatable bonds is 4. The summed E-state index contributed by atoms with van der Waals surface area (Å²) in [5.74, 6) is -0.461. The summed E-state index contributed by atoms with van der Waals surface area (Å²) < 4.78 is 28.1. The number of nitrogens with one attached hydrogen (secondary N) is 2. The van der Waals surface area contributed by atoms with Gasteiger partial charge in [0.15, 0.2) is 0 Å². The lowest BCUT2D eigenvalue weighted by Crippen LogP contribution is -2.41. The molecule has 4 aromatic rings. The monoisotopic (exact) mass is 448 g/mol. The van der Waals surface area contributed by atoms with Gasteiger partial charge < -0.3 is 5.32 Å². The molecule has 7 heteroatoms. The molecule has 2 N–H and O–H groups in total. The number of nitrogens with zero attached hydrogens (tertiary/aromatic N) is 2. The summed E-state index contributed by atoms with van der Waals surface area (Å²) in [6.07, 6.45) is 0.669. The van der Waals surface area contributed by atoms with E-state index < -0.39 is 0 Å². The number of anilines is 1. The van der Waals surface area contributed by atoms with Crippen molar-refractivity contribution in [2.75, 3.05) is 5.43 Å². The first-order valence-corrected chi connectivity index (χ1v) is 11.3. The second kappa shape index (κ2) is 8.76. The van der Waals surface area contributed by atoms with E-state index in [9.17, 15) is 8.78 Å². The number of para-hydroxylation sites is 1. The third kappa shape index (κ3) is 4.26. The molecule has 0 radical (unpaired) electrons. The highest BCUT2D eigenvalue weighted by molar-refractivity contribution is 7.22. The van der Waals surface area contributed by atoms with Crippen LogP contribution in [0.2, 0.25) is 0 Å². The van der Waals surface area contributed by atoms with Crippen molar-refractivity contribution in [3.05, 3.63) is 95.6 Å². The molecule has 0 amide bonds. The fraction of sp³-hybridized carbons (Fsp3) is 0.200. The molecule has 1 aliphatic rings. The molecule has 0 spiro atoms. The number of hydrogen-bond donors (Lipinski definition) is 2. The Morgan fingerprint density at radius 1 is 0.938 bits per heavy atom. The van der Waals surface area contributed by atoms with Crippen molar-refractivity contribution in [3.63, 3.8) is 0 Å². The molecule has 162 valence electrons. The molecule has 3 unspecified atom stereocenters. The van der Waals surface area contributed by atoms with Gasteiger partial charge >= 0.3 is 0 Å². The number of hydrogen-bond acceptors (Lipinski definition) is 5. The number of benzene rings is 3. The Morgan fingerprint density at radius 3 is 2.28 bits per heavy atom. The summed E-state index contributed by atoms with van der Waals surface area (Å²) in [7, 11) is 0. The molecule has 0 saturated carbocycles. The lowest BCUT2D eigenvalue weighted by Gasteiger charge is -2.37.